The molecule has 0 saturated carbocycles. The minimum absolute atomic E-state index is 0.0711. The molecule has 0 aliphatic heterocycles. The Kier molecular flexibility index (Phi) is 2.66. The highest BCUT2D eigenvalue weighted by atomic mass is 32.1. The number of alkyl halides is 3. The lowest BCUT2D eigenvalue weighted by molar-refractivity contribution is -0.139. The van der Waals surface area contributed by atoms with Crippen LogP contribution in [0.15, 0.2) is 24.3 Å². The molecule has 1 N–H and O–H groups in total. The standard InChI is InChI=1S/C13H5F5OS/c14-9-7(13(16,17)18)3-1-5-6-2-4-8(19)10(15)12(6)20-11(5)9/h1-4,19H. The van der Waals surface area contributed by atoms with Crippen LogP contribution in [0.1, 0.15) is 5.56 Å². The molecule has 20 heavy (non-hydrogen) atoms. The molecule has 1 aromatic heterocycles. The summed E-state index contributed by atoms with van der Waals surface area (Å²) in [6, 6.07) is 4.17. The van der Waals surface area contributed by atoms with Crippen molar-refractivity contribution in [1.82, 2.24) is 0 Å². The SMILES string of the molecule is Oc1ccc2c(sc3c(F)c(C(F)(F)F)ccc32)c1F. The maximum absolute atomic E-state index is 13.9. The first-order valence-corrected chi connectivity index (χ1v) is 6.21. The lowest BCUT2D eigenvalue weighted by atomic mass is 10.1. The molecule has 7 heteroatoms. The normalized spacial score (nSPS) is 12.4. The first kappa shape index (κ1) is 13.1. The molecule has 0 aliphatic rings. The van der Waals surface area contributed by atoms with E-state index in [-0.39, 0.29) is 20.2 Å². The van der Waals surface area contributed by atoms with Crippen molar-refractivity contribution in [3.05, 3.63) is 41.5 Å². The van der Waals surface area contributed by atoms with Gasteiger partial charge in [0.25, 0.3) is 0 Å². The van der Waals surface area contributed by atoms with Gasteiger partial charge in [-0.25, -0.2) is 8.78 Å². The van der Waals surface area contributed by atoms with E-state index in [1.165, 1.54) is 6.07 Å². The van der Waals surface area contributed by atoms with Gasteiger partial charge in [0.05, 0.1) is 15.0 Å². The molecule has 3 aromatic rings. The highest BCUT2D eigenvalue weighted by Crippen LogP contribution is 2.42. The molecule has 0 unspecified atom stereocenters. The van der Waals surface area contributed by atoms with Crippen LogP contribution in [0.5, 0.6) is 5.75 Å². The molecule has 0 spiro atoms. The average molecular weight is 304 g/mol. The Bertz CT molecular complexity index is 834. The van der Waals surface area contributed by atoms with Gasteiger partial charge in [-0.05, 0) is 18.2 Å². The van der Waals surface area contributed by atoms with Gasteiger partial charge < -0.3 is 5.11 Å². The summed E-state index contributed by atoms with van der Waals surface area (Å²) in [7, 11) is 0. The van der Waals surface area contributed by atoms with Gasteiger partial charge in [0.1, 0.15) is 0 Å². The van der Waals surface area contributed by atoms with E-state index in [1.54, 1.807) is 0 Å². The van der Waals surface area contributed by atoms with Crippen LogP contribution in [0.2, 0.25) is 0 Å². The number of fused-ring (bicyclic) bond motifs is 3. The zero-order chi connectivity index (χ0) is 14.7. The number of hydrogen-bond acceptors (Lipinski definition) is 2. The van der Waals surface area contributed by atoms with E-state index in [2.05, 4.69) is 0 Å². The number of phenols is 1. The van der Waals surface area contributed by atoms with E-state index >= 15 is 0 Å². The first-order valence-electron chi connectivity index (χ1n) is 5.40. The highest BCUT2D eigenvalue weighted by molar-refractivity contribution is 7.25. The number of benzene rings is 2. The third-order valence-corrected chi connectivity index (χ3v) is 4.18. The summed E-state index contributed by atoms with van der Waals surface area (Å²) in [5.74, 6) is -3.01. The van der Waals surface area contributed by atoms with E-state index in [0.29, 0.717) is 17.4 Å². The Morgan fingerprint density at radius 3 is 2.00 bits per heavy atom. The molecule has 3 rings (SSSR count). The van der Waals surface area contributed by atoms with Crippen LogP contribution in [-0.4, -0.2) is 5.11 Å². The van der Waals surface area contributed by atoms with Crippen molar-refractivity contribution in [3.63, 3.8) is 0 Å². The lowest BCUT2D eigenvalue weighted by Crippen LogP contribution is -2.07. The van der Waals surface area contributed by atoms with Crippen LogP contribution in [0.25, 0.3) is 20.2 Å². The largest absolute Gasteiger partial charge is 0.505 e. The summed E-state index contributed by atoms with van der Waals surface area (Å²) in [5, 5.41) is 9.71. The van der Waals surface area contributed by atoms with Gasteiger partial charge in [-0.1, -0.05) is 6.07 Å². The predicted octanol–water partition coefficient (Wildman–Crippen LogP) is 5.06. The second-order valence-electron chi connectivity index (χ2n) is 4.18. The summed E-state index contributed by atoms with van der Waals surface area (Å²) in [6.45, 7) is 0. The number of rotatable bonds is 0. The van der Waals surface area contributed by atoms with Crippen LogP contribution in [0.4, 0.5) is 22.0 Å². The molecule has 1 heterocycles. The number of thiophene rings is 1. The molecule has 0 radical (unpaired) electrons. The third-order valence-electron chi connectivity index (χ3n) is 2.97. The average Bonchev–Trinajstić information content (AvgIpc) is 2.73. The van der Waals surface area contributed by atoms with Gasteiger partial charge in [-0.3, -0.25) is 0 Å². The summed E-state index contributed by atoms with van der Waals surface area (Å²) >= 11 is 0.549. The van der Waals surface area contributed by atoms with Crippen molar-refractivity contribution in [1.29, 1.82) is 0 Å². The van der Waals surface area contributed by atoms with E-state index in [9.17, 15) is 27.1 Å². The quantitative estimate of drug-likeness (QED) is 0.576. The Balaban J connectivity index is 2.45. The molecule has 0 fully saturated rings. The molecule has 0 bridgehead atoms. The van der Waals surface area contributed by atoms with Crippen molar-refractivity contribution in [2.24, 2.45) is 0 Å². The number of hydrogen-bond donors (Lipinski definition) is 1. The molecule has 0 amide bonds. The fourth-order valence-electron chi connectivity index (χ4n) is 2.05. The first-order chi connectivity index (χ1) is 9.30. The van der Waals surface area contributed by atoms with E-state index in [0.717, 1.165) is 12.1 Å². The van der Waals surface area contributed by atoms with Crippen LogP contribution in [0, 0.1) is 11.6 Å². The summed E-state index contributed by atoms with van der Waals surface area (Å²) in [5.41, 5.74) is -1.39. The molecule has 0 atom stereocenters. The van der Waals surface area contributed by atoms with Gasteiger partial charge in [-0.2, -0.15) is 13.2 Å². The Labute approximate surface area is 112 Å². The highest BCUT2D eigenvalue weighted by Gasteiger charge is 2.35. The Morgan fingerprint density at radius 2 is 1.40 bits per heavy atom. The molecule has 104 valence electrons. The summed E-state index contributed by atoms with van der Waals surface area (Å²) < 4.78 is 65.2. The molecular formula is C13H5F5OS. The second-order valence-corrected chi connectivity index (χ2v) is 5.20. The smallest absolute Gasteiger partial charge is 0.419 e. The van der Waals surface area contributed by atoms with E-state index in [1.807, 2.05) is 0 Å². The van der Waals surface area contributed by atoms with E-state index in [4.69, 9.17) is 0 Å². The van der Waals surface area contributed by atoms with Gasteiger partial charge in [-0.15, -0.1) is 11.3 Å². The lowest BCUT2D eigenvalue weighted by Gasteiger charge is -2.07. The second kappa shape index (κ2) is 4.05. The maximum Gasteiger partial charge on any atom is 0.419 e. The summed E-state index contributed by atoms with van der Waals surface area (Å²) in [4.78, 5) is 0. The van der Waals surface area contributed by atoms with Crippen molar-refractivity contribution >= 4 is 31.5 Å². The summed E-state index contributed by atoms with van der Waals surface area (Å²) in [6.07, 6.45) is -4.81. The number of aromatic hydroxyl groups is 1. The maximum atomic E-state index is 13.9. The van der Waals surface area contributed by atoms with Gasteiger partial charge in [0.15, 0.2) is 17.4 Å². The zero-order valence-corrected chi connectivity index (χ0v) is 10.4. The van der Waals surface area contributed by atoms with Crippen molar-refractivity contribution < 1.29 is 27.1 Å². The Morgan fingerprint density at radius 1 is 0.850 bits per heavy atom. The van der Waals surface area contributed by atoms with Gasteiger partial charge in [0.2, 0.25) is 0 Å². The van der Waals surface area contributed by atoms with Crippen LogP contribution in [0.3, 0.4) is 0 Å². The monoisotopic (exact) mass is 304 g/mol. The fraction of sp³-hybridized carbons (Fsp3) is 0.0769. The van der Waals surface area contributed by atoms with Crippen molar-refractivity contribution in [3.8, 4) is 5.75 Å². The minimum atomic E-state index is -4.81. The molecule has 1 nitrogen and oxygen atoms in total. The minimum Gasteiger partial charge on any atom is -0.505 e. The third kappa shape index (κ3) is 1.73. The molecular weight excluding hydrogens is 299 g/mol. The molecule has 0 saturated heterocycles. The van der Waals surface area contributed by atoms with E-state index < -0.39 is 29.1 Å². The van der Waals surface area contributed by atoms with Crippen LogP contribution < -0.4 is 0 Å². The zero-order valence-electron chi connectivity index (χ0n) is 9.55. The number of halogens is 5. The topological polar surface area (TPSA) is 20.2 Å². The molecule has 2 aromatic carbocycles. The van der Waals surface area contributed by atoms with Gasteiger partial charge in [0, 0.05) is 10.8 Å². The molecule has 0 aliphatic carbocycles. The predicted molar refractivity (Wildman–Crippen MR) is 65.9 cm³/mol. The van der Waals surface area contributed by atoms with Crippen LogP contribution in [-0.2, 0) is 6.18 Å². The Hall–Kier alpha value is -1.89. The van der Waals surface area contributed by atoms with Gasteiger partial charge >= 0.3 is 6.18 Å². The number of phenolic OH excluding ortho intramolecular Hbond substituents is 1. The van der Waals surface area contributed by atoms with Crippen LogP contribution >= 0.6 is 11.3 Å². The van der Waals surface area contributed by atoms with Crippen molar-refractivity contribution in [2.75, 3.05) is 0 Å². The fourth-order valence-corrected chi connectivity index (χ4v) is 3.22. The van der Waals surface area contributed by atoms with Crippen molar-refractivity contribution in [2.45, 2.75) is 6.18 Å².